The molecule has 4 aromatic rings. The first-order chi connectivity index (χ1) is 15.9. The second-order valence-electron chi connectivity index (χ2n) is 7.12. The zero-order valence-electron chi connectivity index (χ0n) is 17.1. The lowest BCUT2D eigenvalue weighted by Crippen LogP contribution is -2.54. The maximum absolute atomic E-state index is 13.7. The number of nitrogens with zero attached hydrogens (tertiary/aromatic N) is 1. The summed E-state index contributed by atoms with van der Waals surface area (Å²) in [4.78, 5) is 27.3. The van der Waals surface area contributed by atoms with E-state index in [2.05, 4.69) is 5.43 Å². The molecule has 0 aliphatic rings. The third kappa shape index (κ3) is 4.79. The lowest BCUT2D eigenvalue weighted by molar-refractivity contribution is -0.136. The minimum absolute atomic E-state index is 0.281. The minimum atomic E-state index is -2.13. The number of hydrogen-bond donors (Lipinski definition) is 2. The fourth-order valence-corrected chi connectivity index (χ4v) is 4.22. The fraction of sp³-hybridized carbons (Fsp3) is 0.0400. The Morgan fingerprint density at radius 3 is 1.82 bits per heavy atom. The number of anilines is 1. The van der Waals surface area contributed by atoms with Gasteiger partial charge < -0.3 is 5.11 Å². The predicted octanol–water partition coefficient (Wildman–Crippen LogP) is 5.67. The molecule has 0 saturated heterocycles. The normalized spacial score (nSPS) is 11.1. The Bertz CT molecular complexity index is 1200. The number of rotatable bonds is 5. The summed E-state index contributed by atoms with van der Waals surface area (Å²) in [5.74, 6) is -1.25. The molecule has 2 amide bonds. The van der Waals surface area contributed by atoms with Crippen molar-refractivity contribution in [3.8, 4) is 0 Å². The highest BCUT2D eigenvalue weighted by Gasteiger charge is 2.41. The van der Waals surface area contributed by atoms with Crippen molar-refractivity contribution in [2.24, 2.45) is 0 Å². The van der Waals surface area contributed by atoms with Gasteiger partial charge >= 0.3 is 0 Å². The summed E-state index contributed by atoms with van der Waals surface area (Å²) in [6.07, 6.45) is 0. The van der Waals surface area contributed by atoms with Crippen molar-refractivity contribution in [3.63, 3.8) is 0 Å². The van der Waals surface area contributed by atoms with Gasteiger partial charge in [-0.05, 0) is 59.0 Å². The van der Waals surface area contributed by atoms with Crippen molar-refractivity contribution in [1.29, 1.82) is 0 Å². The van der Waals surface area contributed by atoms with E-state index in [9.17, 15) is 14.7 Å². The average Bonchev–Trinajstić information content (AvgIpc) is 3.38. The van der Waals surface area contributed by atoms with Crippen molar-refractivity contribution in [1.82, 2.24) is 5.43 Å². The molecule has 0 radical (unpaired) electrons. The van der Waals surface area contributed by atoms with Crippen LogP contribution in [0, 0.1) is 0 Å². The summed E-state index contributed by atoms with van der Waals surface area (Å²) < 4.78 is 0. The number of hydrogen-bond acceptors (Lipinski definition) is 4. The molecule has 0 aliphatic carbocycles. The minimum Gasteiger partial charge on any atom is -0.372 e. The summed E-state index contributed by atoms with van der Waals surface area (Å²) in [5.41, 5.74) is 1.50. The second-order valence-corrected chi connectivity index (χ2v) is 8.94. The van der Waals surface area contributed by atoms with Gasteiger partial charge in [0.25, 0.3) is 11.8 Å². The van der Waals surface area contributed by atoms with Gasteiger partial charge in [-0.2, -0.15) is 0 Å². The van der Waals surface area contributed by atoms with Crippen LogP contribution in [0.4, 0.5) is 5.69 Å². The van der Waals surface area contributed by atoms with E-state index in [1.807, 2.05) is 0 Å². The SMILES string of the molecule is O=C(c1cccs1)N(NC(=O)C(O)(c1ccc(Cl)cc1)c1ccc(Cl)cc1)c1ccccc1. The predicted molar refractivity (Wildman–Crippen MR) is 132 cm³/mol. The van der Waals surface area contributed by atoms with Crippen LogP contribution in [0.3, 0.4) is 0 Å². The van der Waals surface area contributed by atoms with Gasteiger partial charge in [-0.1, -0.05) is 71.7 Å². The summed E-state index contributed by atoms with van der Waals surface area (Å²) >= 11 is 13.3. The first-order valence-electron chi connectivity index (χ1n) is 9.88. The molecule has 3 aromatic carbocycles. The number of halogens is 2. The maximum atomic E-state index is 13.7. The van der Waals surface area contributed by atoms with E-state index >= 15 is 0 Å². The van der Waals surface area contributed by atoms with Gasteiger partial charge in [0.2, 0.25) is 0 Å². The van der Waals surface area contributed by atoms with Gasteiger partial charge in [0.15, 0.2) is 5.60 Å². The smallest absolute Gasteiger partial charge is 0.287 e. The number of hydrazine groups is 1. The fourth-order valence-electron chi connectivity index (χ4n) is 3.31. The molecule has 0 unspecified atom stereocenters. The van der Waals surface area contributed by atoms with Gasteiger partial charge in [-0.3, -0.25) is 15.0 Å². The summed E-state index contributed by atoms with van der Waals surface area (Å²) in [6.45, 7) is 0. The average molecular weight is 497 g/mol. The van der Waals surface area contributed by atoms with Gasteiger partial charge in [-0.15, -0.1) is 11.3 Å². The van der Waals surface area contributed by atoms with Gasteiger partial charge in [0, 0.05) is 10.0 Å². The highest BCUT2D eigenvalue weighted by Crippen LogP contribution is 2.32. The molecule has 5 nitrogen and oxygen atoms in total. The maximum Gasteiger partial charge on any atom is 0.287 e. The second kappa shape index (κ2) is 9.77. The van der Waals surface area contributed by atoms with E-state index in [1.165, 1.54) is 11.3 Å². The quantitative estimate of drug-likeness (QED) is 0.349. The van der Waals surface area contributed by atoms with Crippen LogP contribution in [-0.2, 0) is 10.4 Å². The summed E-state index contributed by atoms with van der Waals surface area (Å²) in [5, 5.41) is 15.6. The number of amides is 2. The van der Waals surface area contributed by atoms with Crippen LogP contribution in [0.1, 0.15) is 20.8 Å². The topological polar surface area (TPSA) is 69.6 Å². The molecule has 33 heavy (non-hydrogen) atoms. The standard InChI is InChI=1S/C25H18Cl2N2O3S/c26-19-12-8-17(9-13-19)25(32,18-10-14-20(27)15-11-18)24(31)28-29(21-5-2-1-3-6-21)23(30)22-7-4-16-33-22/h1-16,32H,(H,28,31). The third-order valence-electron chi connectivity index (χ3n) is 5.02. The molecule has 1 heterocycles. The molecule has 0 spiro atoms. The lowest BCUT2D eigenvalue weighted by Gasteiger charge is -2.32. The highest BCUT2D eigenvalue weighted by molar-refractivity contribution is 7.12. The monoisotopic (exact) mass is 496 g/mol. The Kier molecular flexibility index (Phi) is 6.81. The highest BCUT2D eigenvalue weighted by atomic mass is 35.5. The van der Waals surface area contributed by atoms with Crippen molar-refractivity contribution in [2.45, 2.75) is 5.60 Å². The van der Waals surface area contributed by atoms with E-state index in [0.717, 1.165) is 5.01 Å². The number of nitrogens with one attached hydrogen (secondary N) is 1. The van der Waals surface area contributed by atoms with Crippen LogP contribution < -0.4 is 10.4 Å². The molecule has 1 aromatic heterocycles. The molecular weight excluding hydrogens is 479 g/mol. The molecule has 0 fully saturated rings. The number of thiophene rings is 1. The van der Waals surface area contributed by atoms with Crippen LogP contribution in [0.2, 0.25) is 10.0 Å². The lowest BCUT2D eigenvalue weighted by atomic mass is 9.85. The first-order valence-corrected chi connectivity index (χ1v) is 11.5. The Labute approximate surface area is 204 Å². The molecule has 8 heteroatoms. The zero-order chi connectivity index (χ0) is 23.4. The summed E-state index contributed by atoms with van der Waals surface area (Å²) in [7, 11) is 0. The zero-order valence-corrected chi connectivity index (χ0v) is 19.4. The van der Waals surface area contributed by atoms with E-state index < -0.39 is 17.4 Å². The molecule has 0 bridgehead atoms. The van der Waals surface area contributed by atoms with E-state index in [0.29, 0.717) is 20.6 Å². The van der Waals surface area contributed by atoms with Crippen molar-refractivity contribution in [2.75, 3.05) is 5.01 Å². The number of para-hydroxylation sites is 1. The molecule has 0 saturated carbocycles. The van der Waals surface area contributed by atoms with Crippen molar-refractivity contribution < 1.29 is 14.7 Å². The molecular formula is C25H18Cl2N2O3S. The first kappa shape index (κ1) is 23.0. The largest absolute Gasteiger partial charge is 0.372 e. The van der Waals surface area contributed by atoms with E-state index in [-0.39, 0.29) is 11.1 Å². The molecule has 2 N–H and O–H groups in total. The van der Waals surface area contributed by atoms with Gasteiger partial charge in [-0.25, -0.2) is 5.01 Å². The van der Waals surface area contributed by atoms with Crippen molar-refractivity contribution >= 4 is 52.0 Å². The molecule has 0 aliphatic heterocycles. The van der Waals surface area contributed by atoms with Gasteiger partial charge in [0.1, 0.15) is 0 Å². The molecule has 166 valence electrons. The molecule has 0 atom stereocenters. The van der Waals surface area contributed by atoms with E-state index in [1.54, 1.807) is 96.4 Å². The van der Waals surface area contributed by atoms with Crippen LogP contribution in [0.15, 0.2) is 96.4 Å². The number of benzene rings is 3. The molecule has 4 rings (SSSR count). The van der Waals surface area contributed by atoms with Crippen LogP contribution in [0.5, 0.6) is 0 Å². The summed E-state index contributed by atoms with van der Waals surface area (Å²) in [6, 6.07) is 24.7. The van der Waals surface area contributed by atoms with Gasteiger partial charge in [0.05, 0.1) is 10.6 Å². The Hall–Kier alpha value is -3.16. The third-order valence-corrected chi connectivity index (χ3v) is 6.38. The Morgan fingerprint density at radius 1 is 0.788 bits per heavy atom. The van der Waals surface area contributed by atoms with Crippen molar-refractivity contribution in [3.05, 3.63) is 122 Å². The van der Waals surface area contributed by atoms with Crippen LogP contribution in [0.25, 0.3) is 0 Å². The number of aliphatic hydroxyl groups is 1. The number of carbonyl (C=O) groups is 2. The number of carbonyl (C=O) groups excluding carboxylic acids is 2. The van der Waals surface area contributed by atoms with Crippen LogP contribution in [-0.4, -0.2) is 16.9 Å². The Balaban J connectivity index is 1.78. The van der Waals surface area contributed by atoms with Crippen LogP contribution >= 0.6 is 34.5 Å². The Morgan fingerprint density at radius 2 is 1.33 bits per heavy atom. The van der Waals surface area contributed by atoms with E-state index in [4.69, 9.17) is 23.2 Å².